The first kappa shape index (κ1) is 13.1. The molecule has 0 aromatic heterocycles. The average molecular weight is 246 g/mol. The molecule has 3 heteroatoms. The van der Waals surface area contributed by atoms with Gasteiger partial charge in [-0.1, -0.05) is 6.07 Å². The maximum Gasteiger partial charge on any atom is 0.253 e. The van der Waals surface area contributed by atoms with E-state index in [1.54, 1.807) is 0 Å². The summed E-state index contributed by atoms with van der Waals surface area (Å²) in [4.78, 5) is 14.3. The molecule has 1 aromatic rings. The fourth-order valence-electron chi connectivity index (χ4n) is 2.41. The molecule has 0 radical (unpaired) electrons. The van der Waals surface area contributed by atoms with Gasteiger partial charge in [-0.05, 0) is 56.5 Å². The van der Waals surface area contributed by atoms with E-state index in [0.717, 1.165) is 31.5 Å². The molecule has 0 spiro atoms. The van der Waals surface area contributed by atoms with Gasteiger partial charge < -0.3 is 10.2 Å². The number of likely N-dealkylation sites (N-methyl/N-ethyl adjacent to an activating group) is 1. The minimum Gasteiger partial charge on any atom is -0.337 e. The third kappa shape index (κ3) is 2.72. The predicted molar refractivity (Wildman–Crippen MR) is 73.9 cm³/mol. The summed E-state index contributed by atoms with van der Waals surface area (Å²) in [7, 11) is 1.91. The van der Waals surface area contributed by atoms with Gasteiger partial charge in [-0.25, -0.2) is 0 Å². The SMILES string of the molecule is Cc1ccc(C(=O)N(C)C2CCCNC2)cc1C. The molecule has 0 saturated carbocycles. The maximum atomic E-state index is 12.4. The van der Waals surface area contributed by atoms with E-state index >= 15 is 0 Å². The Morgan fingerprint density at radius 1 is 1.33 bits per heavy atom. The lowest BCUT2D eigenvalue weighted by Crippen LogP contribution is -2.46. The van der Waals surface area contributed by atoms with E-state index in [0.29, 0.717) is 6.04 Å². The molecule has 3 nitrogen and oxygen atoms in total. The summed E-state index contributed by atoms with van der Waals surface area (Å²) in [5, 5.41) is 3.35. The van der Waals surface area contributed by atoms with Crippen molar-refractivity contribution >= 4 is 5.91 Å². The Bertz CT molecular complexity index is 436. The second-order valence-corrected chi connectivity index (χ2v) is 5.22. The van der Waals surface area contributed by atoms with Crippen LogP contribution in [0.1, 0.15) is 34.3 Å². The summed E-state index contributed by atoms with van der Waals surface area (Å²) in [6.07, 6.45) is 2.25. The van der Waals surface area contributed by atoms with Gasteiger partial charge in [0.15, 0.2) is 0 Å². The molecule has 1 atom stereocenters. The molecule has 98 valence electrons. The van der Waals surface area contributed by atoms with Crippen molar-refractivity contribution in [3.05, 3.63) is 34.9 Å². The van der Waals surface area contributed by atoms with Crippen LogP contribution in [0.4, 0.5) is 0 Å². The van der Waals surface area contributed by atoms with Crippen molar-refractivity contribution in [1.82, 2.24) is 10.2 Å². The maximum absolute atomic E-state index is 12.4. The van der Waals surface area contributed by atoms with Crippen molar-refractivity contribution in [2.45, 2.75) is 32.7 Å². The summed E-state index contributed by atoms with van der Waals surface area (Å²) in [6, 6.07) is 6.27. The molecular weight excluding hydrogens is 224 g/mol. The normalized spacial score (nSPS) is 19.6. The van der Waals surface area contributed by atoms with Gasteiger partial charge in [-0.2, -0.15) is 0 Å². The molecule has 1 aliphatic rings. The zero-order chi connectivity index (χ0) is 13.1. The highest BCUT2D eigenvalue weighted by Gasteiger charge is 2.22. The van der Waals surface area contributed by atoms with E-state index < -0.39 is 0 Å². The molecule has 1 aromatic carbocycles. The van der Waals surface area contributed by atoms with E-state index in [-0.39, 0.29) is 5.91 Å². The fourth-order valence-corrected chi connectivity index (χ4v) is 2.41. The summed E-state index contributed by atoms with van der Waals surface area (Å²) in [6.45, 7) is 6.10. The fraction of sp³-hybridized carbons (Fsp3) is 0.533. The Morgan fingerprint density at radius 3 is 2.72 bits per heavy atom. The molecule has 1 aliphatic heterocycles. The third-order valence-electron chi connectivity index (χ3n) is 3.89. The number of piperidine rings is 1. The number of benzene rings is 1. The van der Waals surface area contributed by atoms with Crippen molar-refractivity contribution in [3.8, 4) is 0 Å². The number of hydrogen-bond donors (Lipinski definition) is 1. The summed E-state index contributed by atoms with van der Waals surface area (Å²) in [5.74, 6) is 0.131. The smallest absolute Gasteiger partial charge is 0.253 e. The summed E-state index contributed by atoms with van der Waals surface area (Å²) in [5.41, 5.74) is 3.20. The first-order valence-electron chi connectivity index (χ1n) is 6.64. The number of hydrogen-bond acceptors (Lipinski definition) is 2. The van der Waals surface area contributed by atoms with Gasteiger partial charge in [0.2, 0.25) is 0 Å². The van der Waals surface area contributed by atoms with Crippen LogP contribution >= 0.6 is 0 Å². The van der Waals surface area contributed by atoms with Crippen molar-refractivity contribution in [2.75, 3.05) is 20.1 Å². The molecule has 1 unspecified atom stereocenters. The van der Waals surface area contributed by atoms with Crippen LogP contribution in [-0.4, -0.2) is 37.0 Å². The Hall–Kier alpha value is -1.35. The van der Waals surface area contributed by atoms with E-state index in [2.05, 4.69) is 12.2 Å². The van der Waals surface area contributed by atoms with Gasteiger partial charge in [-0.15, -0.1) is 0 Å². The average Bonchev–Trinajstić information content (AvgIpc) is 2.41. The van der Waals surface area contributed by atoms with Gasteiger partial charge in [0.1, 0.15) is 0 Å². The van der Waals surface area contributed by atoms with Crippen LogP contribution in [0.15, 0.2) is 18.2 Å². The molecule has 1 saturated heterocycles. The van der Waals surface area contributed by atoms with Crippen molar-refractivity contribution in [2.24, 2.45) is 0 Å². The lowest BCUT2D eigenvalue weighted by atomic mass is 10.0. The molecule has 2 rings (SSSR count). The lowest BCUT2D eigenvalue weighted by molar-refractivity contribution is 0.0708. The number of carbonyl (C=O) groups is 1. The van der Waals surface area contributed by atoms with Gasteiger partial charge in [0, 0.05) is 25.2 Å². The number of carbonyl (C=O) groups excluding carboxylic acids is 1. The van der Waals surface area contributed by atoms with Gasteiger partial charge in [0.05, 0.1) is 0 Å². The summed E-state index contributed by atoms with van der Waals surface area (Å²) < 4.78 is 0. The standard InChI is InChI=1S/C15H22N2O/c1-11-6-7-13(9-12(11)2)15(18)17(3)14-5-4-8-16-10-14/h6-7,9,14,16H,4-5,8,10H2,1-3H3. The Labute approximate surface area is 109 Å². The lowest BCUT2D eigenvalue weighted by Gasteiger charge is -2.31. The van der Waals surface area contributed by atoms with Crippen LogP contribution in [0.2, 0.25) is 0 Å². The minimum absolute atomic E-state index is 0.131. The molecule has 1 N–H and O–H groups in total. The highest BCUT2D eigenvalue weighted by atomic mass is 16.2. The topological polar surface area (TPSA) is 32.3 Å². The van der Waals surface area contributed by atoms with Gasteiger partial charge >= 0.3 is 0 Å². The Balaban J connectivity index is 2.11. The number of rotatable bonds is 2. The Kier molecular flexibility index (Phi) is 4.02. The largest absolute Gasteiger partial charge is 0.337 e. The molecule has 0 bridgehead atoms. The van der Waals surface area contributed by atoms with Crippen LogP contribution < -0.4 is 5.32 Å². The molecule has 1 amide bonds. The van der Waals surface area contributed by atoms with Crippen LogP contribution in [0.25, 0.3) is 0 Å². The monoisotopic (exact) mass is 246 g/mol. The van der Waals surface area contributed by atoms with Crippen LogP contribution in [0.3, 0.4) is 0 Å². The number of amides is 1. The quantitative estimate of drug-likeness (QED) is 0.867. The van der Waals surface area contributed by atoms with Crippen molar-refractivity contribution in [3.63, 3.8) is 0 Å². The van der Waals surface area contributed by atoms with Crippen LogP contribution in [0.5, 0.6) is 0 Å². The van der Waals surface area contributed by atoms with Crippen LogP contribution in [0, 0.1) is 13.8 Å². The van der Waals surface area contributed by atoms with E-state index in [9.17, 15) is 4.79 Å². The molecule has 0 aliphatic carbocycles. The highest BCUT2D eigenvalue weighted by molar-refractivity contribution is 5.94. The highest BCUT2D eigenvalue weighted by Crippen LogP contribution is 2.15. The van der Waals surface area contributed by atoms with Gasteiger partial charge in [0.25, 0.3) is 5.91 Å². The van der Waals surface area contributed by atoms with Crippen molar-refractivity contribution in [1.29, 1.82) is 0 Å². The van der Waals surface area contributed by atoms with Crippen molar-refractivity contribution < 1.29 is 4.79 Å². The third-order valence-corrected chi connectivity index (χ3v) is 3.89. The zero-order valence-corrected chi connectivity index (χ0v) is 11.5. The second kappa shape index (κ2) is 5.53. The first-order valence-corrected chi connectivity index (χ1v) is 6.64. The Morgan fingerprint density at radius 2 is 2.11 bits per heavy atom. The van der Waals surface area contributed by atoms with E-state index in [1.165, 1.54) is 11.1 Å². The predicted octanol–water partition coefficient (Wildman–Crippen LogP) is 2.13. The molecule has 1 fully saturated rings. The molecular formula is C15H22N2O. The zero-order valence-electron chi connectivity index (χ0n) is 11.5. The minimum atomic E-state index is 0.131. The van der Waals surface area contributed by atoms with Gasteiger partial charge in [-0.3, -0.25) is 4.79 Å². The number of nitrogens with one attached hydrogen (secondary N) is 1. The van der Waals surface area contributed by atoms with E-state index in [4.69, 9.17) is 0 Å². The first-order chi connectivity index (χ1) is 8.59. The second-order valence-electron chi connectivity index (χ2n) is 5.22. The molecule has 18 heavy (non-hydrogen) atoms. The van der Waals surface area contributed by atoms with E-state index in [1.807, 2.05) is 37.1 Å². The molecule has 1 heterocycles. The summed E-state index contributed by atoms with van der Waals surface area (Å²) >= 11 is 0. The number of aryl methyl sites for hydroxylation is 2. The number of nitrogens with zero attached hydrogens (tertiary/aromatic N) is 1. The van der Waals surface area contributed by atoms with Crippen LogP contribution in [-0.2, 0) is 0 Å².